The number of aromatic carboxylic acids is 2. The van der Waals surface area contributed by atoms with E-state index < -0.39 is 18.0 Å². The predicted molar refractivity (Wildman–Crippen MR) is 73.9 cm³/mol. The largest absolute Gasteiger partial charge is 0.478 e. The zero-order valence-corrected chi connectivity index (χ0v) is 11.6. The molecule has 2 amide bonds. The van der Waals surface area contributed by atoms with Gasteiger partial charge in [-0.1, -0.05) is 0 Å². The molecule has 0 saturated heterocycles. The Morgan fingerprint density at radius 1 is 1.14 bits per heavy atom. The molecule has 0 aliphatic heterocycles. The molecule has 114 valence electrons. The summed E-state index contributed by atoms with van der Waals surface area (Å²) in [5.74, 6) is -2.55. The Bertz CT molecular complexity index is 525. The first-order chi connectivity index (χ1) is 9.85. The van der Waals surface area contributed by atoms with Crippen molar-refractivity contribution >= 4 is 23.7 Å². The Balaban J connectivity index is 2.94. The smallest absolute Gasteiger partial charge is 0.335 e. The molecule has 0 saturated carbocycles. The first kappa shape index (κ1) is 16.4. The third-order valence-corrected chi connectivity index (χ3v) is 2.66. The van der Waals surface area contributed by atoms with Crippen molar-refractivity contribution in [2.75, 3.05) is 32.6 Å². The zero-order chi connectivity index (χ0) is 16.0. The Morgan fingerprint density at radius 2 is 1.67 bits per heavy atom. The summed E-state index contributed by atoms with van der Waals surface area (Å²) in [6.45, 7) is 0.687. The summed E-state index contributed by atoms with van der Waals surface area (Å²) in [6, 6.07) is 2.91. The van der Waals surface area contributed by atoms with Crippen LogP contribution >= 0.6 is 0 Å². The summed E-state index contributed by atoms with van der Waals surface area (Å²) in [5.41, 5.74) is -0.337. The molecule has 0 heterocycles. The molecule has 0 radical (unpaired) electrons. The monoisotopic (exact) mass is 296 g/mol. The van der Waals surface area contributed by atoms with Crippen molar-refractivity contribution in [3.8, 4) is 0 Å². The summed E-state index contributed by atoms with van der Waals surface area (Å²) < 4.78 is 4.84. The number of hydrogen-bond acceptors (Lipinski definition) is 4. The normalized spacial score (nSPS) is 10.0. The number of benzene rings is 1. The number of rotatable bonds is 6. The highest BCUT2D eigenvalue weighted by Gasteiger charge is 2.14. The van der Waals surface area contributed by atoms with Crippen LogP contribution in [0.15, 0.2) is 18.2 Å². The predicted octanol–water partition coefficient (Wildman–Crippen LogP) is 1.19. The lowest BCUT2D eigenvalue weighted by Gasteiger charge is -2.17. The highest BCUT2D eigenvalue weighted by atomic mass is 16.5. The SMILES string of the molecule is COCCN(C)C(=O)Nc1cc(C(=O)O)cc(C(=O)O)c1. The maximum atomic E-state index is 11.8. The Kier molecular flexibility index (Phi) is 5.67. The molecule has 0 bridgehead atoms. The number of ether oxygens (including phenoxy) is 1. The summed E-state index contributed by atoms with van der Waals surface area (Å²) >= 11 is 0. The molecule has 0 fully saturated rings. The number of carbonyl (C=O) groups excluding carboxylic acids is 1. The second-order valence-corrected chi connectivity index (χ2v) is 4.25. The average molecular weight is 296 g/mol. The molecule has 1 aromatic carbocycles. The summed E-state index contributed by atoms with van der Waals surface area (Å²) in [7, 11) is 3.04. The zero-order valence-electron chi connectivity index (χ0n) is 11.6. The van der Waals surface area contributed by atoms with Gasteiger partial charge in [0, 0.05) is 26.4 Å². The number of nitrogens with zero attached hydrogens (tertiary/aromatic N) is 1. The highest BCUT2D eigenvalue weighted by Crippen LogP contribution is 2.16. The maximum absolute atomic E-state index is 11.8. The second kappa shape index (κ2) is 7.25. The van der Waals surface area contributed by atoms with Gasteiger partial charge in [0.15, 0.2) is 0 Å². The van der Waals surface area contributed by atoms with Gasteiger partial charge in [0.05, 0.1) is 17.7 Å². The fraction of sp³-hybridized carbons (Fsp3) is 0.308. The van der Waals surface area contributed by atoms with Crippen molar-refractivity contribution in [3.63, 3.8) is 0 Å². The fourth-order valence-electron chi connectivity index (χ4n) is 1.50. The number of hydrogen-bond donors (Lipinski definition) is 3. The minimum Gasteiger partial charge on any atom is -0.478 e. The van der Waals surface area contributed by atoms with Crippen LogP contribution in [0.3, 0.4) is 0 Å². The van der Waals surface area contributed by atoms with Crippen LogP contribution in [0.5, 0.6) is 0 Å². The summed E-state index contributed by atoms with van der Waals surface area (Å²) in [6.07, 6.45) is 0. The lowest BCUT2D eigenvalue weighted by Crippen LogP contribution is -2.33. The van der Waals surface area contributed by atoms with Crippen molar-refractivity contribution in [2.45, 2.75) is 0 Å². The van der Waals surface area contributed by atoms with Crippen molar-refractivity contribution < 1.29 is 29.3 Å². The van der Waals surface area contributed by atoms with E-state index in [2.05, 4.69) is 5.32 Å². The Morgan fingerprint density at radius 3 is 2.10 bits per heavy atom. The number of methoxy groups -OCH3 is 1. The number of carboxylic acid groups (broad SMARTS) is 2. The third kappa shape index (κ3) is 4.77. The standard InChI is InChI=1S/C13H16N2O6/c1-15(3-4-21-2)13(20)14-10-6-8(11(16)17)5-9(7-10)12(18)19/h5-7H,3-4H2,1-2H3,(H,14,20)(H,16,17)(H,18,19). The molecule has 0 aliphatic rings. The summed E-state index contributed by atoms with van der Waals surface area (Å²) in [5, 5.41) is 20.3. The number of carboxylic acids is 2. The number of amides is 2. The van der Waals surface area contributed by atoms with Crippen LogP contribution < -0.4 is 5.32 Å². The molecular formula is C13H16N2O6. The second-order valence-electron chi connectivity index (χ2n) is 4.25. The van der Waals surface area contributed by atoms with Crippen LogP contribution in [0, 0.1) is 0 Å². The summed E-state index contributed by atoms with van der Waals surface area (Å²) in [4.78, 5) is 35.1. The van der Waals surface area contributed by atoms with Crippen molar-refractivity contribution in [1.29, 1.82) is 0 Å². The van der Waals surface area contributed by atoms with E-state index in [0.717, 1.165) is 6.07 Å². The van der Waals surface area contributed by atoms with E-state index in [1.807, 2.05) is 0 Å². The van der Waals surface area contributed by atoms with Crippen LogP contribution in [-0.2, 0) is 4.74 Å². The number of anilines is 1. The van der Waals surface area contributed by atoms with Gasteiger partial charge in [-0.15, -0.1) is 0 Å². The lowest BCUT2D eigenvalue weighted by molar-refractivity contribution is 0.0696. The van der Waals surface area contributed by atoms with Crippen molar-refractivity contribution in [1.82, 2.24) is 4.90 Å². The van der Waals surface area contributed by atoms with E-state index in [9.17, 15) is 14.4 Å². The molecule has 8 nitrogen and oxygen atoms in total. The first-order valence-corrected chi connectivity index (χ1v) is 5.98. The van der Waals surface area contributed by atoms with Gasteiger partial charge >= 0.3 is 18.0 Å². The number of nitrogens with one attached hydrogen (secondary N) is 1. The number of carbonyl (C=O) groups is 3. The molecule has 0 aliphatic carbocycles. The van der Waals surface area contributed by atoms with E-state index >= 15 is 0 Å². The molecule has 0 atom stereocenters. The van der Waals surface area contributed by atoms with Crippen LogP contribution in [0.25, 0.3) is 0 Å². The van der Waals surface area contributed by atoms with Crippen LogP contribution in [0.1, 0.15) is 20.7 Å². The first-order valence-electron chi connectivity index (χ1n) is 5.98. The molecule has 1 rings (SSSR count). The average Bonchev–Trinajstić information content (AvgIpc) is 2.44. The molecule has 0 unspecified atom stereocenters. The minimum absolute atomic E-state index is 0.0987. The topological polar surface area (TPSA) is 116 Å². The van der Waals surface area contributed by atoms with E-state index in [1.54, 1.807) is 0 Å². The molecular weight excluding hydrogens is 280 g/mol. The molecule has 21 heavy (non-hydrogen) atoms. The number of likely N-dealkylation sites (N-methyl/N-ethyl adjacent to an activating group) is 1. The number of urea groups is 1. The van der Waals surface area contributed by atoms with Crippen LogP contribution in [0.2, 0.25) is 0 Å². The molecule has 0 spiro atoms. The van der Waals surface area contributed by atoms with E-state index in [-0.39, 0.29) is 16.8 Å². The van der Waals surface area contributed by atoms with Crippen molar-refractivity contribution in [2.24, 2.45) is 0 Å². The fourth-order valence-corrected chi connectivity index (χ4v) is 1.50. The van der Waals surface area contributed by atoms with E-state index in [0.29, 0.717) is 13.2 Å². The van der Waals surface area contributed by atoms with Gasteiger partial charge < -0.3 is 25.2 Å². The Labute approximate surface area is 120 Å². The van der Waals surface area contributed by atoms with Gasteiger partial charge in [0.25, 0.3) is 0 Å². The molecule has 3 N–H and O–H groups in total. The molecule has 1 aromatic rings. The Hall–Kier alpha value is -2.61. The highest BCUT2D eigenvalue weighted by molar-refractivity contribution is 5.98. The minimum atomic E-state index is -1.28. The van der Waals surface area contributed by atoms with Gasteiger partial charge in [0.1, 0.15) is 0 Å². The van der Waals surface area contributed by atoms with Gasteiger partial charge in [-0.2, -0.15) is 0 Å². The lowest BCUT2D eigenvalue weighted by atomic mass is 10.1. The van der Waals surface area contributed by atoms with E-state index in [4.69, 9.17) is 14.9 Å². The third-order valence-electron chi connectivity index (χ3n) is 2.66. The van der Waals surface area contributed by atoms with Crippen molar-refractivity contribution in [3.05, 3.63) is 29.3 Å². The van der Waals surface area contributed by atoms with Gasteiger partial charge in [-0.25, -0.2) is 14.4 Å². The molecule has 0 aromatic heterocycles. The maximum Gasteiger partial charge on any atom is 0.335 e. The quantitative estimate of drug-likeness (QED) is 0.726. The van der Waals surface area contributed by atoms with Gasteiger partial charge in [-0.05, 0) is 18.2 Å². The van der Waals surface area contributed by atoms with Gasteiger partial charge in [0.2, 0.25) is 0 Å². The van der Waals surface area contributed by atoms with Gasteiger partial charge in [-0.3, -0.25) is 0 Å². The molecule has 8 heteroatoms. The van der Waals surface area contributed by atoms with Crippen LogP contribution in [0.4, 0.5) is 10.5 Å². The van der Waals surface area contributed by atoms with E-state index in [1.165, 1.54) is 31.2 Å². The van der Waals surface area contributed by atoms with Crippen LogP contribution in [-0.4, -0.2) is 60.4 Å².